The van der Waals surface area contributed by atoms with E-state index in [-0.39, 0.29) is 11.3 Å². The zero-order chi connectivity index (χ0) is 12.5. The van der Waals surface area contributed by atoms with Gasteiger partial charge in [-0.25, -0.2) is 8.42 Å². The Morgan fingerprint density at radius 3 is 2.82 bits per heavy atom. The van der Waals surface area contributed by atoms with Crippen LogP contribution in [-0.4, -0.2) is 26.0 Å². The quantitative estimate of drug-likeness (QED) is 0.914. The number of aryl methyl sites for hydroxylation is 1. The summed E-state index contributed by atoms with van der Waals surface area (Å²) in [6.45, 7) is 2.89. The summed E-state index contributed by atoms with van der Waals surface area (Å²) in [5, 5.41) is 5.30. The highest BCUT2D eigenvalue weighted by atomic mass is 32.2. The van der Waals surface area contributed by atoms with E-state index in [0.29, 0.717) is 0 Å². The molecule has 0 saturated heterocycles. The molecule has 1 fully saturated rings. The fourth-order valence-corrected chi connectivity index (χ4v) is 4.76. The Morgan fingerprint density at radius 2 is 2.24 bits per heavy atom. The summed E-state index contributed by atoms with van der Waals surface area (Å²) >= 11 is 1.73. The van der Waals surface area contributed by atoms with Gasteiger partial charge in [0.05, 0.1) is 5.25 Å². The van der Waals surface area contributed by atoms with E-state index in [0.717, 1.165) is 25.8 Å². The highest BCUT2D eigenvalue weighted by molar-refractivity contribution is 7.91. The molecule has 2 atom stereocenters. The Bertz CT molecular complexity index is 478. The molecule has 2 rings (SSSR count). The second kappa shape index (κ2) is 5.08. The predicted octanol–water partition coefficient (Wildman–Crippen LogP) is 2.11. The van der Waals surface area contributed by atoms with Crippen molar-refractivity contribution in [2.45, 2.75) is 44.0 Å². The molecule has 1 aromatic rings. The zero-order valence-electron chi connectivity index (χ0n) is 10.3. The molecule has 17 heavy (non-hydrogen) atoms. The first-order valence-corrected chi connectivity index (χ1v) is 8.77. The molecule has 5 heteroatoms. The van der Waals surface area contributed by atoms with E-state index in [9.17, 15) is 8.42 Å². The van der Waals surface area contributed by atoms with E-state index in [4.69, 9.17) is 0 Å². The standard InChI is InChI=1S/C12H19NO2S2/c1-9-6-7-16-11(9)8-13-10-4-3-5-12(10)17(2,14)15/h6-7,10,12-13H,3-5,8H2,1-2H3. The van der Waals surface area contributed by atoms with Crippen molar-refractivity contribution in [2.75, 3.05) is 6.26 Å². The highest BCUT2D eigenvalue weighted by Crippen LogP contribution is 2.26. The van der Waals surface area contributed by atoms with Gasteiger partial charge in [0.2, 0.25) is 0 Å². The molecule has 0 spiro atoms. The van der Waals surface area contributed by atoms with Crippen LogP contribution in [-0.2, 0) is 16.4 Å². The second-order valence-corrected chi connectivity index (χ2v) is 8.08. The lowest BCUT2D eigenvalue weighted by molar-refractivity contribution is 0.509. The van der Waals surface area contributed by atoms with Gasteiger partial charge in [-0.1, -0.05) is 6.42 Å². The topological polar surface area (TPSA) is 46.2 Å². The molecule has 0 radical (unpaired) electrons. The zero-order valence-corrected chi connectivity index (χ0v) is 11.9. The fourth-order valence-electron chi connectivity index (χ4n) is 2.48. The average Bonchev–Trinajstić information content (AvgIpc) is 2.82. The van der Waals surface area contributed by atoms with Crippen molar-refractivity contribution in [3.63, 3.8) is 0 Å². The van der Waals surface area contributed by atoms with Crippen molar-refractivity contribution in [3.05, 3.63) is 21.9 Å². The van der Waals surface area contributed by atoms with Gasteiger partial charge in [0.1, 0.15) is 0 Å². The Labute approximate surface area is 107 Å². The van der Waals surface area contributed by atoms with Gasteiger partial charge < -0.3 is 5.32 Å². The van der Waals surface area contributed by atoms with Gasteiger partial charge in [-0.05, 0) is 36.8 Å². The van der Waals surface area contributed by atoms with Crippen LogP contribution in [0.3, 0.4) is 0 Å². The third kappa shape index (κ3) is 3.09. The van der Waals surface area contributed by atoms with Crippen molar-refractivity contribution >= 4 is 21.2 Å². The maximum absolute atomic E-state index is 11.6. The number of nitrogens with one attached hydrogen (secondary N) is 1. The normalized spacial score (nSPS) is 25.3. The molecule has 0 aromatic carbocycles. The number of hydrogen-bond donors (Lipinski definition) is 1. The minimum absolute atomic E-state index is 0.131. The molecule has 1 aliphatic rings. The van der Waals surface area contributed by atoms with Crippen LogP contribution in [0.5, 0.6) is 0 Å². The molecule has 1 saturated carbocycles. The van der Waals surface area contributed by atoms with Gasteiger partial charge in [0.15, 0.2) is 9.84 Å². The van der Waals surface area contributed by atoms with Gasteiger partial charge in [0.25, 0.3) is 0 Å². The summed E-state index contributed by atoms with van der Waals surface area (Å²) in [6, 6.07) is 2.23. The number of hydrogen-bond acceptors (Lipinski definition) is 4. The first-order valence-electron chi connectivity index (χ1n) is 5.93. The molecule has 0 amide bonds. The van der Waals surface area contributed by atoms with E-state index >= 15 is 0 Å². The van der Waals surface area contributed by atoms with Crippen molar-refractivity contribution in [2.24, 2.45) is 0 Å². The molecule has 1 aliphatic carbocycles. The number of rotatable bonds is 4. The number of sulfone groups is 1. The lowest BCUT2D eigenvalue weighted by atomic mass is 10.2. The van der Waals surface area contributed by atoms with Gasteiger partial charge in [0, 0.05) is 23.7 Å². The van der Waals surface area contributed by atoms with Crippen molar-refractivity contribution in [3.8, 4) is 0 Å². The van der Waals surface area contributed by atoms with Crippen molar-refractivity contribution in [1.29, 1.82) is 0 Å². The fraction of sp³-hybridized carbons (Fsp3) is 0.667. The molecule has 96 valence electrons. The molecular weight excluding hydrogens is 254 g/mol. The molecular formula is C12H19NO2S2. The molecule has 3 nitrogen and oxygen atoms in total. The summed E-state index contributed by atoms with van der Waals surface area (Å²) in [5.41, 5.74) is 1.29. The van der Waals surface area contributed by atoms with Crippen LogP contribution in [0.1, 0.15) is 29.7 Å². The Kier molecular flexibility index (Phi) is 3.90. The summed E-state index contributed by atoms with van der Waals surface area (Å²) in [5.74, 6) is 0. The first-order chi connectivity index (χ1) is 7.98. The lowest BCUT2D eigenvalue weighted by Crippen LogP contribution is -2.39. The molecule has 1 heterocycles. The Morgan fingerprint density at radius 1 is 1.47 bits per heavy atom. The Hall–Kier alpha value is -0.390. The number of thiophene rings is 1. The van der Waals surface area contributed by atoms with Crippen molar-refractivity contribution in [1.82, 2.24) is 5.32 Å². The highest BCUT2D eigenvalue weighted by Gasteiger charge is 2.34. The van der Waals surface area contributed by atoms with Crippen LogP contribution in [0.2, 0.25) is 0 Å². The average molecular weight is 273 g/mol. The third-order valence-corrected chi connectivity index (χ3v) is 6.18. The van der Waals surface area contributed by atoms with Crippen LogP contribution in [0.25, 0.3) is 0 Å². The Balaban J connectivity index is 1.98. The van der Waals surface area contributed by atoms with Gasteiger partial charge in [-0.3, -0.25) is 0 Å². The molecule has 2 unspecified atom stereocenters. The largest absolute Gasteiger partial charge is 0.308 e. The van der Waals surface area contributed by atoms with Crippen LogP contribution < -0.4 is 5.32 Å². The van der Waals surface area contributed by atoms with E-state index < -0.39 is 9.84 Å². The van der Waals surface area contributed by atoms with Crippen molar-refractivity contribution < 1.29 is 8.42 Å². The van der Waals surface area contributed by atoms with E-state index in [1.54, 1.807) is 11.3 Å². The molecule has 0 aliphatic heterocycles. The summed E-state index contributed by atoms with van der Waals surface area (Å²) < 4.78 is 23.3. The van der Waals surface area contributed by atoms with Crippen LogP contribution in [0.4, 0.5) is 0 Å². The molecule has 0 bridgehead atoms. The third-order valence-electron chi connectivity index (χ3n) is 3.50. The minimum atomic E-state index is -2.91. The van der Waals surface area contributed by atoms with Crippen LogP contribution in [0, 0.1) is 6.92 Å². The maximum Gasteiger partial charge on any atom is 0.151 e. The monoisotopic (exact) mass is 273 g/mol. The lowest BCUT2D eigenvalue weighted by Gasteiger charge is -2.19. The summed E-state index contributed by atoms with van der Waals surface area (Å²) in [4.78, 5) is 1.31. The maximum atomic E-state index is 11.6. The van der Waals surface area contributed by atoms with E-state index in [1.807, 2.05) is 0 Å². The first kappa shape index (κ1) is 13.1. The molecule has 1 N–H and O–H groups in total. The van der Waals surface area contributed by atoms with Gasteiger partial charge >= 0.3 is 0 Å². The summed E-state index contributed by atoms with van der Waals surface area (Å²) in [6.07, 6.45) is 4.15. The van der Waals surface area contributed by atoms with Crippen LogP contribution in [0.15, 0.2) is 11.4 Å². The predicted molar refractivity (Wildman–Crippen MR) is 72.2 cm³/mol. The van der Waals surface area contributed by atoms with E-state index in [1.165, 1.54) is 16.7 Å². The minimum Gasteiger partial charge on any atom is -0.308 e. The SMILES string of the molecule is Cc1ccsc1CNC1CCCC1S(C)(=O)=O. The van der Waals surface area contributed by atoms with Crippen LogP contribution >= 0.6 is 11.3 Å². The van der Waals surface area contributed by atoms with Gasteiger partial charge in [-0.15, -0.1) is 11.3 Å². The second-order valence-electron chi connectivity index (χ2n) is 4.81. The van der Waals surface area contributed by atoms with E-state index in [2.05, 4.69) is 23.7 Å². The molecule has 1 aromatic heterocycles. The smallest absolute Gasteiger partial charge is 0.151 e. The summed E-state index contributed by atoms with van der Waals surface area (Å²) in [7, 11) is -2.91. The van der Waals surface area contributed by atoms with Gasteiger partial charge in [-0.2, -0.15) is 0 Å².